The molecule has 0 aliphatic heterocycles. The van der Waals surface area contributed by atoms with Gasteiger partial charge in [-0.05, 0) is 19.3 Å². The van der Waals surface area contributed by atoms with Gasteiger partial charge in [0, 0.05) is 6.42 Å². The SMILES string of the molecule is CCCCCCCC(=O)OCCCCCCCCCCCCCOO. The van der Waals surface area contributed by atoms with Gasteiger partial charge in [0.1, 0.15) is 0 Å². The summed E-state index contributed by atoms with van der Waals surface area (Å²) in [5.74, 6) is -0.0120. The van der Waals surface area contributed by atoms with Crippen molar-refractivity contribution in [2.75, 3.05) is 13.2 Å². The molecule has 4 nitrogen and oxygen atoms in total. The lowest BCUT2D eigenvalue weighted by molar-refractivity contribution is -0.242. The second-order valence-corrected chi connectivity index (χ2v) is 7.11. The summed E-state index contributed by atoms with van der Waals surface area (Å²) in [6, 6.07) is 0. The maximum atomic E-state index is 11.6. The Morgan fingerprint density at radius 1 is 0.640 bits per heavy atom. The molecule has 0 fully saturated rings. The number of carbonyl (C=O) groups is 1. The Hall–Kier alpha value is -0.610. The maximum Gasteiger partial charge on any atom is 0.305 e. The molecule has 0 atom stereocenters. The van der Waals surface area contributed by atoms with Crippen LogP contribution < -0.4 is 0 Å². The van der Waals surface area contributed by atoms with Gasteiger partial charge in [0.2, 0.25) is 0 Å². The monoisotopic (exact) mass is 358 g/mol. The summed E-state index contributed by atoms with van der Waals surface area (Å²) >= 11 is 0. The Labute approximate surface area is 155 Å². The summed E-state index contributed by atoms with van der Waals surface area (Å²) in [7, 11) is 0. The zero-order valence-corrected chi connectivity index (χ0v) is 16.6. The Bertz CT molecular complexity index is 269. The van der Waals surface area contributed by atoms with E-state index in [4.69, 9.17) is 9.99 Å². The molecule has 0 spiro atoms. The molecule has 0 aliphatic rings. The average molecular weight is 359 g/mol. The molecule has 1 N–H and O–H groups in total. The highest BCUT2D eigenvalue weighted by molar-refractivity contribution is 5.69. The molecule has 0 unspecified atom stereocenters. The second kappa shape index (κ2) is 21.4. The van der Waals surface area contributed by atoms with Crippen LogP contribution in [0.1, 0.15) is 116 Å². The number of esters is 1. The van der Waals surface area contributed by atoms with E-state index < -0.39 is 0 Å². The summed E-state index contributed by atoms with van der Waals surface area (Å²) in [4.78, 5) is 15.6. The predicted molar refractivity (Wildman–Crippen MR) is 104 cm³/mol. The quantitative estimate of drug-likeness (QED) is 0.114. The van der Waals surface area contributed by atoms with Crippen LogP contribution in [0.25, 0.3) is 0 Å². The highest BCUT2D eigenvalue weighted by Gasteiger charge is 2.02. The minimum atomic E-state index is -0.0120. The number of hydrogen-bond acceptors (Lipinski definition) is 4. The van der Waals surface area contributed by atoms with Crippen molar-refractivity contribution in [1.29, 1.82) is 0 Å². The number of hydrogen-bond donors (Lipinski definition) is 1. The minimum absolute atomic E-state index is 0.0120. The first kappa shape index (κ1) is 24.4. The zero-order chi connectivity index (χ0) is 18.4. The van der Waals surface area contributed by atoms with E-state index in [1.165, 1.54) is 70.6 Å². The summed E-state index contributed by atoms with van der Waals surface area (Å²) in [5.41, 5.74) is 0. The van der Waals surface area contributed by atoms with Gasteiger partial charge in [0.05, 0.1) is 13.2 Å². The van der Waals surface area contributed by atoms with Crippen LogP contribution in [0.4, 0.5) is 0 Å². The average Bonchev–Trinajstić information content (AvgIpc) is 2.62. The van der Waals surface area contributed by atoms with Crippen LogP contribution in [-0.2, 0) is 14.4 Å². The summed E-state index contributed by atoms with van der Waals surface area (Å²) in [6.07, 6.45) is 19.8. The van der Waals surface area contributed by atoms with E-state index in [9.17, 15) is 4.79 Å². The standard InChI is InChI=1S/C21H42O4/c1-2-3-4-12-15-18-21(22)24-19-16-13-10-8-6-5-7-9-11-14-17-20-25-23/h23H,2-20H2,1H3. The van der Waals surface area contributed by atoms with E-state index in [0.717, 1.165) is 32.1 Å². The molecule has 0 bridgehead atoms. The van der Waals surface area contributed by atoms with Gasteiger partial charge in [0.25, 0.3) is 0 Å². The second-order valence-electron chi connectivity index (χ2n) is 7.11. The molecule has 4 heteroatoms. The third kappa shape index (κ3) is 21.3. The molecule has 0 aromatic carbocycles. The molecule has 0 heterocycles. The molecule has 0 aliphatic carbocycles. The third-order valence-electron chi connectivity index (χ3n) is 4.63. The summed E-state index contributed by atoms with van der Waals surface area (Å²) in [6.45, 7) is 3.27. The largest absolute Gasteiger partial charge is 0.466 e. The van der Waals surface area contributed by atoms with Crippen LogP contribution in [0.3, 0.4) is 0 Å². The molecule has 0 amide bonds. The lowest BCUT2D eigenvalue weighted by Crippen LogP contribution is -2.05. The smallest absolute Gasteiger partial charge is 0.305 e. The van der Waals surface area contributed by atoms with Crippen molar-refractivity contribution in [3.63, 3.8) is 0 Å². The molecule has 0 radical (unpaired) electrons. The fourth-order valence-corrected chi connectivity index (χ4v) is 2.99. The summed E-state index contributed by atoms with van der Waals surface area (Å²) in [5, 5.41) is 8.21. The van der Waals surface area contributed by atoms with Crippen LogP contribution in [0, 0.1) is 0 Å². The third-order valence-corrected chi connectivity index (χ3v) is 4.63. The fraction of sp³-hybridized carbons (Fsp3) is 0.952. The van der Waals surface area contributed by atoms with Crippen molar-refractivity contribution in [1.82, 2.24) is 0 Å². The van der Waals surface area contributed by atoms with Crippen molar-refractivity contribution < 1.29 is 19.7 Å². The zero-order valence-electron chi connectivity index (χ0n) is 16.6. The number of ether oxygens (including phenoxy) is 1. The summed E-state index contributed by atoms with van der Waals surface area (Å²) < 4.78 is 5.29. The van der Waals surface area contributed by atoms with Gasteiger partial charge >= 0.3 is 5.97 Å². The Balaban J connectivity index is 3.09. The predicted octanol–water partition coefficient (Wildman–Crippen LogP) is 6.67. The van der Waals surface area contributed by atoms with Crippen LogP contribution in [0.15, 0.2) is 0 Å². The van der Waals surface area contributed by atoms with Gasteiger partial charge in [-0.1, -0.05) is 90.4 Å². The first-order valence-corrected chi connectivity index (χ1v) is 10.7. The molecule has 0 aromatic rings. The molecule has 0 saturated heterocycles. The van der Waals surface area contributed by atoms with Gasteiger partial charge in [0.15, 0.2) is 0 Å². The van der Waals surface area contributed by atoms with Crippen molar-refractivity contribution in [3.05, 3.63) is 0 Å². The van der Waals surface area contributed by atoms with Crippen LogP contribution in [-0.4, -0.2) is 24.4 Å². The molecular formula is C21H42O4. The highest BCUT2D eigenvalue weighted by Crippen LogP contribution is 2.11. The van der Waals surface area contributed by atoms with Gasteiger partial charge < -0.3 is 4.74 Å². The van der Waals surface area contributed by atoms with E-state index in [-0.39, 0.29) is 5.97 Å². The number of rotatable bonds is 20. The number of carbonyl (C=O) groups excluding carboxylic acids is 1. The van der Waals surface area contributed by atoms with E-state index in [0.29, 0.717) is 19.6 Å². The van der Waals surface area contributed by atoms with E-state index in [2.05, 4.69) is 11.8 Å². The van der Waals surface area contributed by atoms with Crippen molar-refractivity contribution in [3.8, 4) is 0 Å². The van der Waals surface area contributed by atoms with E-state index >= 15 is 0 Å². The van der Waals surface area contributed by atoms with Crippen molar-refractivity contribution in [2.45, 2.75) is 116 Å². The van der Waals surface area contributed by atoms with E-state index in [1.807, 2.05) is 0 Å². The first-order valence-electron chi connectivity index (χ1n) is 10.7. The Morgan fingerprint density at radius 2 is 1.08 bits per heavy atom. The molecule has 150 valence electrons. The maximum absolute atomic E-state index is 11.6. The molecule has 0 rings (SSSR count). The lowest BCUT2D eigenvalue weighted by atomic mass is 10.1. The van der Waals surface area contributed by atoms with Gasteiger partial charge in [-0.15, -0.1) is 0 Å². The first-order chi connectivity index (χ1) is 12.3. The van der Waals surface area contributed by atoms with Gasteiger partial charge in [-0.2, -0.15) is 0 Å². The topological polar surface area (TPSA) is 55.8 Å². The van der Waals surface area contributed by atoms with Crippen molar-refractivity contribution >= 4 is 5.97 Å². The molecule has 0 saturated carbocycles. The molecule has 0 aromatic heterocycles. The lowest BCUT2D eigenvalue weighted by Gasteiger charge is -2.05. The minimum Gasteiger partial charge on any atom is -0.466 e. The van der Waals surface area contributed by atoms with Crippen molar-refractivity contribution in [2.24, 2.45) is 0 Å². The van der Waals surface area contributed by atoms with Gasteiger partial charge in [-0.25, -0.2) is 4.89 Å². The van der Waals surface area contributed by atoms with Crippen LogP contribution in [0.5, 0.6) is 0 Å². The Kier molecular flexibility index (Phi) is 20.9. The number of unbranched alkanes of at least 4 members (excludes halogenated alkanes) is 14. The molecular weight excluding hydrogens is 316 g/mol. The Morgan fingerprint density at radius 3 is 1.60 bits per heavy atom. The molecule has 25 heavy (non-hydrogen) atoms. The van der Waals surface area contributed by atoms with E-state index in [1.54, 1.807) is 0 Å². The normalized spacial score (nSPS) is 11.0. The van der Waals surface area contributed by atoms with Crippen LogP contribution >= 0.6 is 0 Å². The van der Waals surface area contributed by atoms with Gasteiger partial charge in [-0.3, -0.25) is 10.1 Å². The highest BCUT2D eigenvalue weighted by atomic mass is 17.1. The van der Waals surface area contributed by atoms with Crippen LogP contribution in [0.2, 0.25) is 0 Å². The fourth-order valence-electron chi connectivity index (χ4n) is 2.99.